The molecule has 2 amide bonds. The van der Waals surface area contributed by atoms with Gasteiger partial charge in [-0.1, -0.05) is 13.8 Å². The first kappa shape index (κ1) is 21.6. The lowest BCUT2D eigenvalue weighted by Gasteiger charge is -2.40. The van der Waals surface area contributed by atoms with E-state index in [1.165, 1.54) is 0 Å². The van der Waals surface area contributed by atoms with Crippen molar-refractivity contribution in [1.82, 2.24) is 14.7 Å². The van der Waals surface area contributed by atoms with Crippen LogP contribution in [0.5, 0.6) is 0 Å². The molecule has 27 heavy (non-hydrogen) atoms. The Balaban J connectivity index is 2.02. The SMILES string of the molecule is CC(C)CC(C(=O)N1CCOC(CN(C)CC(=O)O)C1)N1CCCCC1=O. The number of carbonyl (C=O) groups is 3. The first-order chi connectivity index (χ1) is 12.8. The number of piperidine rings is 1. The highest BCUT2D eigenvalue weighted by Gasteiger charge is 2.36. The summed E-state index contributed by atoms with van der Waals surface area (Å²) in [5.41, 5.74) is 0. The molecular weight excluding hydrogens is 350 g/mol. The van der Waals surface area contributed by atoms with E-state index in [1.807, 2.05) is 0 Å². The standard InChI is InChI=1S/C19H33N3O5/c1-14(2)10-16(22-7-5-4-6-17(22)23)19(26)21-8-9-27-15(12-21)11-20(3)13-18(24)25/h14-16H,4-13H2,1-3H3,(H,24,25). The van der Waals surface area contributed by atoms with E-state index < -0.39 is 12.0 Å². The number of carboxylic acids is 1. The zero-order chi connectivity index (χ0) is 20.0. The summed E-state index contributed by atoms with van der Waals surface area (Å²) in [5.74, 6) is -0.506. The second-order valence-electron chi connectivity index (χ2n) is 8.06. The lowest BCUT2D eigenvalue weighted by Crippen LogP contribution is -2.57. The van der Waals surface area contributed by atoms with E-state index in [9.17, 15) is 14.4 Å². The van der Waals surface area contributed by atoms with Gasteiger partial charge >= 0.3 is 5.97 Å². The number of rotatable bonds is 8. The van der Waals surface area contributed by atoms with Crippen LogP contribution in [0.2, 0.25) is 0 Å². The maximum absolute atomic E-state index is 13.3. The molecular formula is C19H33N3O5. The fourth-order valence-electron chi connectivity index (χ4n) is 3.85. The Morgan fingerprint density at radius 2 is 2.04 bits per heavy atom. The molecule has 2 aliphatic heterocycles. The molecule has 2 saturated heterocycles. The molecule has 2 heterocycles. The Kier molecular flexibility index (Phi) is 8.04. The van der Waals surface area contributed by atoms with Crippen molar-refractivity contribution < 1.29 is 24.2 Å². The maximum Gasteiger partial charge on any atom is 0.317 e. The maximum atomic E-state index is 13.3. The molecule has 0 aliphatic carbocycles. The normalized spacial score (nSPS) is 22.4. The number of morpholine rings is 1. The highest BCUT2D eigenvalue weighted by atomic mass is 16.5. The van der Waals surface area contributed by atoms with Crippen LogP contribution in [0.4, 0.5) is 0 Å². The number of hydrogen-bond acceptors (Lipinski definition) is 5. The molecule has 2 atom stereocenters. The predicted octanol–water partition coefficient (Wildman–Crippen LogP) is 0.657. The Morgan fingerprint density at radius 1 is 1.30 bits per heavy atom. The van der Waals surface area contributed by atoms with E-state index in [2.05, 4.69) is 13.8 Å². The monoisotopic (exact) mass is 383 g/mol. The Hall–Kier alpha value is -1.67. The molecule has 1 N–H and O–H groups in total. The van der Waals surface area contributed by atoms with E-state index >= 15 is 0 Å². The van der Waals surface area contributed by atoms with E-state index in [-0.39, 0.29) is 24.5 Å². The van der Waals surface area contributed by atoms with Crippen LogP contribution in [0.3, 0.4) is 0 Å². The van der Waals surface area contributed by atoms with Crippen molar-refractivity contribution in [3.63, 3.8) is 0 Å². The minimum absolute atomic E-state index is 0.00635. The Bertz CT molecular complexity index is 539. The first-order valence-electron chi connectivity index (χ1n) is 9.88. The van der Waals surface area contributed by atoms with Crippen LogP contribution in [0.1, 0.15) is 39.5 Å². The van der Waals surface area contributed by atoms with Crippen LogP contribution in [0, 0.1) is 5.92 Å². The molecule has 2 unspecified atom stereocenters. The van der Waals surface area contributed by atoms with E-state index in [0.29, 0.717) is 51.5 Å². The molecule has 154 valence electrons. The van der Waals surface area contributed by atoms with Crippen LogP contribution < -0.4 is 0 Å². The number of nitrogens with zero attached hydrogens (tertiary/aromatic N) is 3. The largest absolute Gasteiger partial charge is 0.480 e. The molecule has 0 bridgehead atoms. The lowest BCUT2D eigenvalue weighted by atomic mass is 9.98. The van der Waals surface area contributed by atoms with Gasteiger partial charge in [0.2, 0.25) is 11.8 Å². The highest BCUT2D eigenvalue weighted by Crippen LogP contribution is 2.21. The average molecular weight is 383 g/mol. The van der Waals surface area contributed by atoms with E-state index in [4.69, 9.17) is 9.84 Å². The third-order valence-electron chi connectivity index (χ3n) is 5.09. The second kappa shape index (κ2) is 10.0. The van der Waals surface area contributed by atoms with E-state index in [0.717, 1.165) is 12.8 Å². The highest BCUT2D eigenvalue weighted by molar-refractivity contribution is 5.88. The van der Waals surface area contributed by atoms with Crippen molar-refractivity contribution in [2.24, 2.45) is 5.92 Å². The van der Waals surface area contributed by atoms with Crippen molar-refractivity contribution in [2.75, 3.05) is 46.4 Å². The molecule has 8 nitrogen and oxygen atoms in total. The average Bonchev–Trinajstić information content (AvgIpc) is 2.59. The summed E-state index contributed by atoms with van der Waals surface area (Å²) in [5, 5.41) is 8.89. The summed E-state index contributed by atoms with van der Waals surface area (Å²) in [6.07, 6.45) is 2.80. The third kappa shape index (κ3) is 6.46. The number of hydrogen-bond donors (Lipinski definition) is 1. The molecule has 0 aromatic heterocycles. The van der Waals surface area contributed by atoms with Crippen molar-refractivity contribution in [3.05, 3.63) is 0 Å². The predicted molar refractivity (Wildman–Crippen MR) is 100 cm³/mol. The van der Waals surface area contributed by atoms with E-state index in [1.54, 1.807) is 21.7 Å². The van der Waals surface area contributed by atoms with Gasteiger partial charge in [-0.05, 0) is 32.2 Å². The summed E-state index contributed by atoms with van der Waals surface area (Å²) in [7, 11) is 1.73. The summed E-state index contributed by atoms with van der Waals surface area (Å²) in [4.78, 5) is 41.7. The number of ether oxygens (including phenoxy) is 1. The molecule has 0 aromatic carbocycles. The van der Waals surface area contributed by atoms with Crippen LogP contribution in [-0.2, 0) is 19.1 Å². The van der Waals surface area contributed by atoms with Gasteiger partial charge in [-0.25, -0.2) is 0 Å². The van der Waals surface area contributed by atoms with Crippen molar-refractivity contribution in [2.45, 2.75) is 51.7 Å². The number of carboxylic acid groups (broad SMARTS) is 1. The van der Waals surface area contributed by atoms with Crippen molar-refractivity contribution >= 4 is 17.8 Å². The van der Waals surface area contributed by atoms with Gasteiger partial charge in [0.25, 0.3) is 0 Å². The van der Waals surface area contributed by atoms with Crippen molar-refractivity contribution in [3.8, 4) is 0 Å². The minimum atomic E-state index is -0.887. The minimum Gasteiger partial charge on any atom is -0.480 e. The zero-order valence-electron chi connectivity index (χ0n) is 16.7. The lowest BCUT2D eigenvalue weighted by molar-refractivity contribution is -0.153. The Labute approximate surface area is 161 Å². The molecule has 0 radical (unpaired) electrons. The fraction of sp³-hybridized carbons (Fsp3) is 0.842. The molecule has 8 heteroatoms. The summed E-state index contributed by atoms with van der Waals surface area (Å²) in [6.45, 7) is 6.54. The smallest absolute Gasteiger partial charge is 0.317 e. The summed E-state index contributed by atoms with van der Waals surface area (Å²) in [6, 6.07) is -0.409. The number of carbonyl (C=O) groups excluding carboxylic acids is 2. The van der Waals surface area contributed by atoms with Crippen LogP contribution in [0.15, 0.2) is 0 Å². The van der Waals surface area contributed by atoms with Gasteiger partial charge in [0, 0.05) is 32.6 Å². The van der Waals surface area contributed by atoms with Gasteiger partial charge in [-0.2, -0.15) is 0 Å². The topological polar surface area (TPSA) is 90.4 Å². The van der Waals surface area contributed by atoms with Crippen LogP contribution in [0.25, 0.3) is 0 Å². The van der Waals surface area contributed by atoms with Gasteiger partial charge in [0.05, 0.1) is 19.3 Å². The number of amides is 2. The molecule has 2 rings (SSSR count). The third-order valence-corrected chi connectivity index (χ3v) is 5.09. The van der Waals surface area contributed by atoms with Gasteiger partial charge in [-0.3, -0.25) is 19.3 Å². The first-order valence-corrected chi connectivity index (χ1v) is 9.88. The second-order valence-corrected chi connectivity index (χ2v) is 8.06. The Morgan fingerprint density at radius 3 is 2.67 bits per heavy atom. The van der Waals surface area contributed by atoms with Gasteiger partial charge in [0.1, 0.15) is 6.04 Å². The van der Waals surface area contributed by atoms with Crippen molar-refractivity contribution in [1.29, 1.82) is 0 Å². The molecule has 0 saturated carbocycles. The zero-order valence-corrected chi connectivity index (χ0v) is 16.7. The van der Waals surface area contributed by atoms with Crippen LogP contribution in [-0.4, -0.2) is 96.1 Å². The summed E-state index contributed by atoms with van der Waals surface area (Å²) < 4.78 is 5.73. The van der Waals surface area contributed by atoms with Gasteiger partial charge < -0.3 is 19.6 Å². The quantitative estimate of drug-likeness (QED) is 0.662. The molecule has 2 aliphatic rings. The number of likely N-dealkylation sites (N-methyl/N-ethyl adjacent to an activating group) is 1. The molecule has 0 spiro atoms. The summed E-state index contributed by atoms with van der Waals surface area (Å²) >= 11 is 0. The van der Waals surface area contributed by atoms with Gasteiger partial charge in [-0.15, -0.1) is 0 Å². The molecule has 2 fully saturated rings. The number of aliphatic carboxylic acids is 1. The van der Waals surface area contributed by atoms with Gasteiger partial charge in [0.15, 0.2) is 0 Å². The van der Waals surface area contributed by atoms with Crippen LogP contribution >= 0.6 is 0 Å². The fourth-order valence-corrected chi connectivity index (χ4v) is 3.85. The molecule has 0 aromatic rings. The number of likely N-dealkylation sites (tertiary alicyclic amines) is 1.